The highest BCUT2D eigenvalue weighted by molar-refractivity contribution is 5.43. The molecule has 2 heterocycles. The van der Waals surface area contributed by atoms with E-state index < -0.39 is 6.10 Å². The maximum atomic E-state index is 11.9. The molecule has 0 bridgehead atoms. The van der Waals surface area contributed by atoms with Crippen LogP contribution >= 0.6 is 0 Å². The summed E-state index contributed by atoms with van der Waals surface area (Å²) in [5, 5.41) is 14.0. The predicted molar refractivity (Wildman–Crippen MR) is 68.7 cm³/mol. The fourth-order valence-electron chi connectivity index (χ4n) is 2.52. The van der Waals surface area contributed by atoms with Gasteiger partial charge in [-0.05, 0) is 31.6 Å². The molecule has 1 saturated heterocycles. The first-order chi connectivity index (χ1) is 8.74. The van der Waals surface area contributed by atoms with Gasteiger partial charge in [0.25, 0.3) is 5.56 Å². The van der Waals surface area contributed by atoms with E-state index >= 15 is 0 Å². The van der Waals surface area contributed by atoms with Gasteiger partial charge in [0, 0.05) is 19.2 Å². The Kier molecular flexibility index (Phi) is 3.07. The van der Waals surface area contributed by atoms with E-state index in [0.717, 1.165) is 31.6 Å². The quantitative estimate of drug-likeness (QED) is 0.849. The van der Waals surface area contributed by atoms with Gasteiger partial charge < -0.3 is 10.0 Å². The molecular formula is C13H19N3O2. The van der Waals surface area contributed by atoms with E-state index in [1.54, 1.807) is 12.3 Å². The molecular weight excluding hydrogens is 230 g/mol. The Hall–Kier alpha value is -1.36. The smallest absolute Gasteiger partial charge is 0.268 e. The lowest BCUT2D eigenvalue weighted by Gasteiger charge is -2.17. The molecule has 1 atom stereocenters. The molecule has 2 fully saturated rings. The molecule has 1 aliphatic carbocycles. The average molecular weight is 249 g/mol. The van der Waals surface area contributed by atoms with Gasteiger partial charge in [-0.15, -0.1) is 0 Å². The molecule has 0 radical (unpaired) electrons. The summed E-state index contributed by atoms with van der Waals surface area (Å²) in [5.41, 5.74) is 0.800. The van der Waals surface area contributed by atoms with Crippen LogP contribution in [0.25, 0.3) is 0 Å². The normalized spacial score (nSPS) is 21.3. The largest absolute Gasteiger partial charge is 0.391 e. The first-order valence-electron chi connectivity index (χ1n) is 6.74. The Morgan fingerprint density at radius 2 is 2.11 bits per heavy atom. The monoisotopic (exact) mass is 249 g/mol. The van der Waals surface area contributed by atoms with Crippen molar-refractivity contribution < 1.29 is 5.11 Å². The Bertz CT molecular complexity index is 475. The van der Waals surface area contributed by atoms with Crippen molar-refractivity contribution in [2.24, 2.45) is 5.92 Å². The minimum Gasteiger partial charge on any atom is -0.391 e. The van der Waals surface area contributed by atoms with E-state index in [4.69, 9.17) is 0 Å². The molecule has 1 aromatic heterocycles. The van der Waals surface area contributed by atoms with Crippen molar-refractivity contribution in [2.75, 3.05) is 18.0 Å². The van der Waals surface area contributed by atoms with Crippen LogP contribution in [-0.2, 0) is 6.54 Å². The van der Waals surface area contributed by atoms with Crippen molar-refractivity contribution in [1.29, 1.82) is 0 Å². The molecule has 1 saturated carbocycles. The highest BCUT2D eigenvalue weighted by Crippen LogP contribution is 2.32. The second kappa shape index (κ2) is 4.72. The van der Waals surface area contributed by atoms with Crippen LogP contribution in [0.15, 0.2) is 17.1 Å². The maximum absolute atomic E-state index is 11.9. The number of hydrogen-bond acceptors (Lipinski definition) is 4. The molecule has 2 aliphatic rings. The molecule has 0 spiro atoms. The van der Waals surface area contributed by atoms with Crippen molar-refractivity contribution in [1.82, 2.24) is 9.78 Å². The van der Waals surface area contributed by atoms with Crippen molar-refractivity contribution in [3.05, 3.63) is 22.6 Å². The number of aliphatic hydroxyl groups is 1. The molecule has 5 nitrogen and oxygen atoms in total. The van der Waals surface area contributed by atoms with Gasteiger partial charge in [0.05, 0.1) is 24.5 Å². The Labute approximate surface area is 106 Å². The summed E-state index contributed by atoms with van der Waals surface area (Å²) in [4.78, 5) is 14.1. The van der Waals surface area contributed by atoms with Crippen molar-refractivity contribution in [3.8, 4) is 0 Å². The fraction of sp³-hybridized carbons (Fsp3) is 0.692. The topological polar surface area (TPSA) is 58.4 Å². The predicted octanol–water partition coefficient (Wildman–Crippen LogP) is 0.614. The molecule has 98 valence electrons. The minimum atomic E-state index is -0.423. The van der Waals surface area contributed by atoms with Crippen molar-refractivity contribution in [2.45, 2.75) is 38.3 Å². The van der Waals surface area contributed by atoms with Crippen LogP contribution in [0.1, 0.15) is 25.7 Å². The summed E-state index contributed by atoms with van der Waals surface area (Å²) < 4.78 is 1.38. The number of nitrogens with zero attached hydrogens (tertiary/aromatic N) is 3. The standard InChI is InChI=1S/C13H19N3O2/c17-12(10-3-4-10)9-16-13(18)7-11(8-14-16)15-5-1-2-6-15/h7-8,10,12,17H,1-6,9H2. The van der Waals surface area contributed by atoms with Crippen LogP contribution in [0.5, 0.6) is 0 Å². The van der Waals surface area contributed by atoms with Gasteiger partial charge in [0.2, 0.25) is 0 Å². The zero-order valence-corrected chi connectivity index (χ0v) is 10.5. The average Bonchev–Trinajstić information content (AvgIpc) is 3.07. The molecule has 5 heteroatoms. The summed E-state index contributed by atoms with van der Waals surface area (Å²) in [7, 11) is 0. The SMILES string of the molecule is O=c1cc(N2CCCC2)cnn1CC(O)C1CC1. The molecule has 1 N–H and O–H groups in total. The van der Waals surface area contributed by atoms with Crippen molar-refractivity contribution >= 4 is 5.69 Å². The van der Waals surface area contributed by atoms with Gasteiger partial charge in [-0.25, -0.2) is 4.68 Å². The second-order valence-corrected chi connectivity index (χ2v) is 5.33. The molecule has 0 amide bonds. The third-order valence-electron chi connectivity index (χ3n) is 3.85. The lowest BCUT2D eigenvalue weighted by Crippen LogP contribution is -2.30. The van der Waals surface area contributed by atoms with Crippen LogP contribution in [0.2, 0.25) is 0 Å². The number of anilines is 1. The Morgan fingerprint density at radius 3 is 2.72 bits per heavy atom. The highest BCUT2D eigenvalue weighted by Gasteiger charge is 2.30. The van der Waals surface area contributed by atoms with Crippen LogP contribution in [0.3, 0.4) is 0 Å². The molecule has 1 unspecified atom stereocenters. The lowest BCUT2D eigenvalue weighted by atomic mass is 10.2. The fourth-order valence-corrected chi connectivity index (χ4v) is 2.52. The summed E-state index contributed by atoms with van der Waals surface area (Å²) in [5.74, 6) is 0.372. The first kappa shape index (κ1) is 11.7. The Morgan fingerprint density at radius 1 is 1.39 bits per heavy atom. The van der Waals surface area contributed by atoms with Crippen LogP contribution in [0.4, 0.5) is 5.69 Å². The van der Waals surface area contributed by atoms with Crippen molar-refractivity contribution in [3.63, 3.8) is 0 Å². The number of aromatic nitrogens is 2. The summed E-state index contributed by atoms with van der Waals surface area (Å²) in [6.07, 6.45) is 5.83. The van der Waals surface area contributed by atoms with E-state index in [2.05, 4.69) is 10.00 Å². The summed E-state index contributed by atoms with van der Waals surface area (Å²) in [6.45, 7) is 2.34. The number of hydrogen-bond donors (Lipinski definition) is 1. The third kappa shape index (κ3) is 2.41. The minimum absolute atomic E-state index is 0.112. The van der Waals surface area contributed by atoms with Gasteiger partial charge in [0.15, 0.2) is 0 Å². The van der Waals surface area contributed by atoms with Crippen LogP contribution < -0.4 is 10.5 Å². The van der Waals surface area contributed by atoms with E-state index in [9.17, 15) is 9.90 Å². The van der Waals surface area contributed by atoms with E-state index in [1.807, 2.05) is 0 Å². The van der Waals surface area contributed by atoms with E-state index in [0.29, 0.717) is 12.5 Å². The highest BCUT2D eigenvalue weighted by atomic mass is 16.3. The van der Waals surface area contributed by atoms with Gasteiger partial charge in [0.1, 0.15) is 0 Å². The zero-order chi connectivity index (χ0) is 12.5. The second-order valence-electron chi connectivity index (χ2n) is 5.33. The van der Waals surface area contributed by atoms with Gasteiger partial charge in [-0.2, -0.15) is 5.10 Å². The number of aliphatic hydroxyl groups excluding tert-OH is 1. The first-order valence-corrected chi connectivity index (χ1v) is 6.74. The molecule has 1 aromatic rings. The van der Waals surface area contributed by atoms with Gasteiger partial charge in [-0.3, -0.25) is 4.79 Å². The Balaban J connectivity index is 1.73. The molecule has 18 heavy (non-hydrogen) atoms. The molecule has 3 rings (SSSR count). The van der Waals surface area contributed by atoms with E-state index in [1.165, 1.54) is 17.5 Å². The molecule has 1 aliphatic heterocycles. The van der Waals surface area contributed by atoms with Crippen LogP contribution in [-0.4, -0.2) is 34.1 Å². The van der Waals surface area contributed by atoms with Gasteiger partial charge >= 0.3 is 0 Å². The zero-order valence-electron chi connectivity index (χ0n) is 10.5. The van der Waals surface area contributed by atoms with Gasteiger partial charge in [-0.1, -0.05) is 0 Å². The van der Waals surface area contributed by atoms with E-state index in [-0.39, 0.29) is 5.56 Å². The van der Waals surface area contributed by atoms with Crippen LogP contribution in [0, 0.1) is 5.92 Å². The summed E-state index contributed by atoms with van der Waals surface area (Å²) in [6, 6.07) is 1.64. The third-order valence-corrected chi connectivity index (χ3v) is 3.85. The molecule has 0 aromatic carbocycles. The lowest BCUT2D eigenvalue weighted by molar-refractivity contribution is 0.125. The maximum Gasteiger partial charge on any atom is 0.268 e. The summed E-state index contributed by atoms with van der Waals surface area (Å²) >= 11 is 0. The number of rotatable bonds is 4.